The molecule has 0 N–H and O–H groups in total. The number of hydrogen-bond acceptors (Lipinski definition) is 2. The maximum absolute atomic E-state index is 11.6. The number of benzene rings is 1. The SMILES string of the molecule is CC.CC.CCCC(C)(CN(C)S(=O)OC)c1ccccc1. The maximum Gasteiger partial charge on any atom is 0.236 e. The second-order valence-corrected chi connectivity index (χ2v) is 6.24. The zero-order valence-corrected chi connectivity index (χ0v) is 16.5. The number of hydrogen-bond donors (Lipinski definition) is 0. The Morgan fingerprint density at radius 2 is 1.64 bits per heavy atom. The maximum atomic E-state index is 11.6. The Bertz CT molecular complexity index is 384. The summed E-state index contributed by atoms with van der Waals surface area (Å²) in [5.41, 5.74) is 1.28. The fourth-order valence-corrected chi connectivity index (χ4v) is 3.02. The van der Waals surface area contributed by atoms with Gasteiger partial charge in [0.2, 0.25) is 11.3 Å². The lowest BCUT2D eigenvalue weighted by molar-refractivity contribution is 0.311. The van der Waals surface area contributed by atoms with E-state index in [2.05, 4.69) is 38.1 Å². The van der Waals surface area contributed by atoms with E-state index in [0.29, 0.717) is 6.54 Å². The van der Waals surface area contributed by atoms with E-state index in [4.69, 9.17) is 4.18 Å². The Labute approximate surface area is 140 Å². The lowest BCUT2D eigenvalue weighted by Crippen LogP contribution is -2.38. The summed E-state index contributed by atoms with van der Waals surface area (Å²) in [6.07, 6.45) is 2.15. The smallest absolute Gasteiger partial charge is 0.236 e. The van der Waals surface area contributed by atoms with E-state index >= 15 is 0 Å². The van der Waals surface area contributed by atoms with Crippen LogP contribution in [-0.2, 0) is 20.9 Å². The quantitative estimate of drug-likeness (QED) is 0.708. The van der Waals surface area contributed by atoms with E-state index in [0.717, 1.165) is 12.8 Å². The molecule has 0 aliphatic heterocycles. The normalized spacial score (nSPS) is 14.0. The third-order valence-electron chi connectivity index (χ3n) is 3.24. The highest BCUT2D eigenvalue weighted by molar-refractivity contribution is 7.77. The van der Waals surface area contributed by atoms with Gasteiger partial charge in [-0.1, -0.05) is 78.3 Å². The number of likely N-dealkylation sites (N-methyl/N-ethyl adjacent to an activating group) is 1. The van der Waals surface area contributed by atoms with E-state index in [9.17, 15) is 4.21 Å². The van der Waals surface area contributed by atoms with Crippen LogP contribution in [0.15, 0.2) is 30.3 Å². The first-order valence-electron chi connectivity index (χ1n) is 8.26. The summed E-state index contributed by atoms with van der Waals surface area (Å²) in [6, 6.07) is 10.4. The van der Waals surface area contributed by atoms with Gasteiger partial charge in [0.15, 0.2) is 0 Å². The van der Waals surface area contributed by atoms with Crippen molar-refractivity contribution in [2.75, 3.05) is 20.7 Å². The fraction of sp³-hybridized carbons (Fsp3) is 0.667. The van der Waals surface area contributed by atoms with Gasteiger partial charge in [0.1, 0.15) is 0 Å². The van der Waals surface area contributed by atoms with Crippen molar-refractivity contribution < 1.29 is 8.39 Å². The van der Waals surface area contributed by atoms with Crippen molar-refractivity contribution in [3.05, 3.63) is 35.9 Å². The highest BCUT2D eigenvalue weighted by atomic mass is 32.2. The predicted octanol–water partition coefficient (Wildman–Crippen LogP) is 4.95. The molecule has 0 aliphatic carbocycles. The van der Waals surface area contributed by atoms with Crippen LogP contribution in [0, 0.1) is 0 Å². The van der Waals surface area contributed by atoms with Gasteiger partial charge in [-0.2, -0.15) is 0 Å². The van der Waals surface area contributed by atoms with Crippen molar-refractivity contribution in [2.24, 2.45) is 0 Å². The van der Waals surface area contributed by atoms with E-state index in [1.807, 2.05) is 40.8 Å². The summed E-state index contributed by atoms with van der Waals surface area (Å²) in [7, 11) is 3.29. The average molecular weight is 330 g/mol. The van der Waals surface area contributed by atoms with Crippen molar-refractivity contribution in [3.63, 3.8) is 0 Å². The van der Waals surface area contributed by atoms with Crippen molar-refractivity contribution in [1.82, 2.24) is 4.31 Å². The Balaban J connectivity index is 0. The Kier molecular flexibility index (Phi) is 14.9. The van der Waals surface area contributed by atoms with Gasteiger partial charge >= 0.3 is 0 Å². The zero-order chi connectivity index (χ0) is 17.6. The van der Waals surface area contributed by atoms with E-state index in [1.54, 1.807) is 4.31 Å². The van der Waals surface area contributed by atoms with Crippen LogP contribution in [0.2, 0.25) is 0 Å². The largest absolute Gasteiger partial charge is 0.281 e. The molecule has 4 heteroatoms. The van der Waals surface area contributed by atoms with Crippen LogP contribution in [0.4, 0.5) is 0 Å². The van der Waals surface area contributed by atoms with Crippen LogP contribution in [0.1, 0.15) is 59.9 Å². The Morgan fingerprint density at radius 1 is 1.14 bits per heavy atom. The van der Waals surface area contributed by atoms with Gasteiger partial charge in [0.25, 0.3) is 0 Å². The van der Waals surface area contributed by atoms with Crippen LogP contribution in [-0.4, -0.2) is 29.2 Å². The summed E-state index contributed by atoms with van der Waals surface area (Å²) in [4.78, 5) is 0. The monoisotopic (exact) mass is 329 g/mol. The van der Waals surface area contributed by atoms with E-state index in [-0.39, 0.29) is 5.41 Å². The molecule has 0 aromatic heterocycles. The van der Waals surface area contributed by atoms with Crippen molar-refractivity contribution in [1.29, 1.82) is 0 Å². The van der Waals surface area contributed by atoms with Gasteiger partial charge in [0.05, 0.1) is 7.11 Å². The van der Waals surface area contributed by atoms with Crippen LogP contribution >= 0.6 is 0 Å². The minimum atomic E-state index is -1.36. The molecule has 0 heterocycles. The van der Waals surface area contributed by atoms with Gasteiger partial charge in [-0.3, -0.25) is 4.18 Å². The molecule has 130 valence electrons. The van der Waals surface area contributed by atoms with Gasteiger partial charge in [-0.05, 0) is 12.0 Å². The minimum Gasteiger partial charge on any atom is -0.281 e. The summed E-state index contributed by atoms with van der Waals surface area (Å²) >= 11 is -1.36. The molecule has 1 aromatic carbocycles. The lowest BCUT2D eigenvalue weighted by Gasteiger charge is -2.33. The molecule has 1 rings (SSSR count). The minimum absolute atomic E-state index is 0.00104. The Morgan fingerprint density at radius 3 is 2.05 bits per heavy atom. The highest BCUT2D eigenvalue weighted by Crippen LogP contribution is 2.30. The van der Waals surface area contributed by atoms with Crippen LogP contribution in [0.3, 0.4) is 0 Å². The van der Waals surface area contributed by atoms with Crippen molar-refractivity contribution in [2.45, 2.75) is 59.8 Å². The molecular formula is C18H35NO2S. The molecule has 3 nitrogen and oxygen atoms in total. The van der Waals surface area contributed by atoms with Gasteiger partial charge < -0.3 is 0 Å². The molecule has 0 saturated heterocycles. The van der Waals surface area contributed by atoms with Crippen LogP contribution < -0.4 is 0 Å². The van der Waals surface area contributed by atoms with Gasteiger partial charge in [-0.25, -0.2) is 8.51 Å². The molecule has 2 unspecified atom stereocenters. The summed E-state index contributed by atoms with van der Waals surface area (Å²) in [5, 5.41) is 0. The summed E-state index contributed by atoms with van der Waals surface area (Å²) in [6.45, 7) is 13.1. The fourth-order valence-electron chi connectivity index (χ4n) is 2.38. The van der Waals surface area contributed by atoms with Crippen LogP contribution in [0.5, 0.6) is 0 Å². The number of rotatable bonds is 7. The second-order valence-electron chi connectivity index (χ2n) is 4.85. The molecule has 22 heavy (non-hydrogen) atoms. The molecule has 2 atom stereocenters. The molecule has 0 saturated carbocycles. The molecule has 0 spiro atoms. The van der Waals surface area contributed by atoms with Gasteiger partial charge in [0, 0.05) is 19.0 Å². The van der Waals surface area contributed by atoms with E-state index in [1.165, 1.54) is 12.7 Å². The average Bonchev–Trinajstić information content (AvgIpc) is 2.58. The van der Waals surface area contributed by atoms with Gasteiger partial charge in [-0.15, -0.1) is 0 Å². The third-order valence-corrected chi connectivity index (χ3v) is 4.16. The summed E-state index contributed by atoms with van der Waals surface area (Å²) < 4.78 is 18.3. The highest BCUT2D eigenvalue weighted by Gasteiger charge is 2.28. The first-order valence-corrected chi connectivity index (χ1v) is 9.29. The molecule has 0 radical (unpaired) electrons. The standard InChI is InChI=1S/C14H23NO2S.2C2H6/c1-5-11-14(2,12-15(3)18(16)17-4)13-9-7-6-8-10-13;2*1-2/h6-10H,5,11-12H2,1-4H3;2*1-2H3. The van der Waals surface area contributed by atoms with Crippen molar-refractivity contribution >= 4 is 11.3 Å². The number of nitrogens with zero attached hydrogens (tertiary/aromatic N) is 1. The predicted molar refractivity (Wildman–Crippen MR) is 99.2 cm³/mol. The second kappa shape index (κ2) is 13.9. The third kappa shape index (κ3) is 8.06. The van der Waals surface area contributed by atoms with E-state index < -0.39 is 11.3 Å². The first-order chi connectivity index (χ1) is 10.5. The van der Waals surface area contributed by atoms with Crippen LogP contribution in [0.25, 0.3) is 0 Å². The first kappa shape index (κ1) is 23.6. The zero-order valence-electron chi connectivity index (χ0n) is 15.7. The molecule has 0 fully saturated rings. The molecule has 0 bridgehead atoms. The molecule has 0 amide bonds. The molecule has 1 aromatic rings. The topological polar surface area (TPSA) is 29.5 Å². The Hall–Kier alpha value is -0.710. The molecular weight excluding hydrogens is 294 g/mol. The molecule has 0 aliphatic rings. The van der Waals surface area contributed by atoms with Crippen molar-refractivity contribution in [3.8, 4) is 0 Å². The summed E-state index contributed by atoms with van der Waals surface area (Å²) in [5.74, 6) is 0. The lowest BCUT2D eigenvalue weighted by atomic mass is 9.78.